The molecule has 1 amide bonds. The van der Waals surface area contributed by atoms with Gasteiger partial charge in [-0.2, -0.15) is 8.78 Å². The van der Waals surface area contributed by atoms with Crippen molar-refractivity contribution in [2.24, 2.45) is 5.73 Å². The zero-order valence-corrected chi connectivity index (χ0v) is 12.9. The number of alkyl halides is 2. The zero-order chi connectivity index (χ0) is 17.7. The van der Waals surface area contributed by atoms with Crippen molar-refractivity contribution in [2.75, 3.05) is 6.61 Å². The van der Waals surface area contributed by atoms with E-state index in [1.54, 1.807) is 0 Å². The number of hydrogen-bond donors (Lipinski definition) is 1. The van der Waals surface area contributed by atoms with E-state index in [1.165, 1.54) is 42.5 Å². The van der Waals surface area contributed by atoms with Crippen molar-refractivity contribution in [1.29, 1.82) is 0 Å². The lowest BCUT2D eigenvalue weighted by atomic mass is 10.1. The van der Waals surface area contributed by atoms with Crippen LogP contribution in [0.5, 0.6) is 11.5 Å². The number of carbonyl (C=O) groups is 2. The van der Waals surface area contributed by atoms with Crippen LogP contribution in [0.15, 0.2) is 42.5 Å². The molecule has 0 aromatic heterocycles. The average Bonchev–Trinajstić information content (AvgIpc) is 2.53. The van der Waals surface area contributed by atoms with Gasteiger partial charge in [-0.3, -0.25) is 9.59 Å². The Kier molecular flexibility index (Phi) is 5.70. The minimum atomic E-state index is -2.94. The average molecular weight is 356 g/mol. The highest BCUT2D eigenvalue weighted by atomic mass is 35.5. The molecule has 0 aliphatic heterocycles. The lowest BCUT2D eigenvalue weighted by Crippen LogP contribution is -2.16. The molecule has 0 heterocycles. The van der Waals surface area contributed by atoms with Gasteiger partial charge >= 0.3 is 6.61 Å². The Morgan fingerprint density at radius 1 is 1.12 bits per heavy atom. The summed E-state index contributed by atoms with van der Waals surface area (Å²) in [5.74, 6) is -1.09. The summed E-state index contributed by atoms with van der Waals surface area (Å²) in [6, 6.07) is 9.41. The Morgan fingerprint density at radius 2 is 1.79 bits per heavy atom. The van der Waals surface area contributed by atoms with Gasteiger partial charge in [0.15, 0.2) is 12.4 Å². The molecule has 0 aliphatic rings. The van der Waals surface area contributed by atoms with Gasteiger partial charge in [-0.05, 0) is 42.5 Å². The largest absolute Gasteiger partial charge is 0.485 e. The van der Waals surface area contributed by atoms with E-state index >= 15 is 0 Å². The molecule has 0 unspecified atom stereocenters. The van der Waals surface area contributed by atoms with E-state index in [0.717, 1.165) is 0 Å². The Balaban J connectivity index is 2.04. The number of hydrogen-bond acceptors (Lipinski definition) is 4. The van der Waals surface area contributed by atoms with Crippen LogP contribution in [0, 0.1) is 0 Å². The van der Waals surface area contributed by atoms with Gasteiger partial charge in [-0.15, -0.1) is 0 Å². The molecule has 0 bridgehead atoms. The highest BCUT2D eigenvalue weighted by Crippen LogP contribution is 2.23. The summed E-state index contributed by atoms with van der Waals surface area (Å²) in [6.07, 6.45) is 0. The van der Waals surface area contributed by atoms with Crippen LogP contribution in [0.3, 0.4) is 0 Å². The van der Waals surface area contributed by atoms with E-state index < -0.39 is 18.3 Å². The molecule has 0 saturated heterocycles. The molecule has 0 radical (unpaired) electrons. The number of ketones is 1. The molecule has 24 heavy (non-hydrogen) atoms. The van der Waals surface area contributed by atoms with Crippen LogP contribution < -0.4 is 15.2 Å². The third-order valence-corrected chi connectivity index (χ3v) is 3.20. The van der Waals surface area contributed by atoms with E-state index in [-0.39, 0.29) is 29.2 Å². The Bertz CT molecular complexity index is 750. The molecule has 8 heteroatoms. The topological polar surface area (TPSA) is 78.6 Å². The van der Waals surface area contributed by atoms with Crippen LogP contribution in [0.2, 0.25) is 5.02 Å². The molecule has 5 nitrogen and oxygen atoms in total. The maximum atomic E-state index is 12.1. The monoisotopic (exact) mass is 355 g/mol. The molecule has 2 aromatic rings. The molecule has 0 aliphatic carbocycles. The van der Waals surface area contributed by atoms with Crippen LogP contribution >= 0.6 is 11.6 Å². The Labute approximate surface area is 140 Å². The Morgan fingerprint density at radius 3 is 2.38 bits per heavy atom. The van der Waals surface area contributed by atoms with Crippen LogP contribution in [-0.2, 0) is 0 Å². The fourth-order valence-electron chi connectivity index (χ4n) is 1.87. The van der Waals surface area contributed by atoms with E-state index in [9.17, 15) is 18.4 Å². The van der Waals surface area contributed by atoms with Gasteiger partial charge in [0.1, 0.15) is 11.5 Å². The second-order valence-electron chi connectivity index (χ2n) is 4.62. The number of rotatable bonds is 7. The fraction of sp³-hybridized carbons (Fsp3) is 0.125. The molecule has 2 N–H and O–H groups in total. The minimum absolute atomic E-state index is 0.0518. The lowest BCUT2D eigenvalue weighted by molar-refractivity contribution is -0.0498. The van der Waals surface area contributed by atoms with Gasteiger partial charge in [-0.25, -0.2) is 0 Å². The third kappa shape index (κ3) is 4.66. The smallest absolute Gasteiger partial charge is 0.387 e. The summed E-state index contributed by atoms with van der Waals surface area (Å²) in [6.45, 7) is -3.30. The third-order valence-electron chi connectivity index (χ3n) is 2.97. The van der Waals surface area contributed by atoms with Crippen LogP contribution in [0.4, 0.5) is 8.78 Å². The minimum Gasteiger partial charge on any atom is -0.485 e. The van der Waals surface area contributed by atoms with E-state index in [0.29, 0.717) is 5.02 Å². The molecule has 2 aromatic carbocycles. The van der Waals surface area contributed by atoms with Gasteiger partial charge in [0, 0.05) is 10.6 Å². The number of Topliss-reactive ketones (excluding diaryl/α,β-unsaturated/α-hetero) is 1. The van der Waals surface area contributed by atoms with Crippen molar-refractivity contribution in [3.05, 3.63) is 58.6 Å². The van der Waals surface area contributed by atoms with Crippen molar-refractivity contribution in [1.82, 2.24) is 0 Å². The number of benzene rings is 2. The fourth-order valence-corrected chi connectivity index (χ4v) is 2.04. The maximum absolute atomic E-state index is 12.1. The number of ether oxygens (including phenoxy) is 2. The zero-order valence-electron chi connectivity index (χ0n) is 12.2. The van der Waals surface area contributed by atoms with Crippen molar-refractivity contribution in [2.45, 2.75) is 6.61 Å². The van der Waals surface area contributed by atoms with Gasteiger partial charge < -0.3 is 15.2 Å². The first kappa shape index (κ1) is 17.7. The predicted molar refractivity (Wildman–Crippen MR) is 82.9 cm³/mol. The summed E-state index contributed by atoms with van der Waals surface area (Å²) < 4.78 is 33.6. The standard InChI is InChI=1S/C16H12ClF2NO4/c17-10-3-6-14(12(7-10)15(20)22)23-8-13(21)9-1-4-11(5-2-9)24-16(18)19/h1-7,16H,8H2,(H2,20,22). The number of amides is 1. The predicted octanol–water partition coefficient (Wildman–Crippen LogP) is 3.30. The first-order valence-corrected chi connectivity index (χ1v) is 7.05. The molecule has 2 rings (SSSR count). The Hall–Kier alpha value is -2.67. The second-order valence-corrected chi connectivity index (χ2v) is 5.06. The summed E-state index contributed by atoms with van der Waals surface area (Å²) in [7, 11) is 0. The molecule has 0 fully saturated rings. The van der Waals surface area contributed by atoms with Crippen molar-refractivity contribution >= 4 is 23.3 Å². The number of primary amides is 1. The molecular weight excluding hydrogens is 344 g/mol. The van der Waals surface area contributed by atoms with E-state index in [1.807, 2.05) is 0 Å². The normalized spacial score (nSPS) is 10.5. The SMILES string of the molecule is NC(=O)c1cc(Cl)ccc1OCC(=O)c1ccc(OC(F)F)cc1. The van der Waals surface area contributed by atoms with Gasteiger partial charge in [0.05, 0.1) is 5.56 Å². The maximum Gasteiger partial charge on any atom is 0.387 e. The summed E-state index contributed by atoms with van der Waals surface area (Å²) in [5, 5.41) is 0.303. The lowest BCUT2D eigenvalue weighted by Gasteiger charge is -2.10. The quantitative estimate of drug-likeness (QED) is 0.773. The highest BCUT2D eigenvalue weighted by molar-refractivity contribution is 6.31. The van der Waals surface area contributed by atoms with Crippen LogP contribution in [-0.4, -0.2) is 24.9 Å². The van der Waals surface area contributed by atoms with Crippen LogP contribution in [0.1, 0.15) is 20.7 Å². The summed E-state index contributed by atoms with van der Waals surface area (Å²) in [5.41, 5.74) is 5.51. The van der Waals surface area contributed by atoms with Crippen LogP contribution in [0.25, 0.3) is 0 Å². The first-order chi connectivity index (χ1) is 11.4. The van der Waals surface area contributed by atoms with Crippen molar-refractivity contribution < 1.29 is 27.8 Å². The van der Waals surface area contributed by atoms with Crippen molar-refractivity contribution in [3.8, 4) is 11.5 Å². The first-order valence-electron chi connectivity index (χ1n) is 6.67. The summed E-state index contributed by atoms with van der Waals surface area (Å²) >= 11 is 5.77. The molecule has 0 spiro atoms. The molecule has 0 atom stereocenters. The van der Waals surface area contributed by atoms with E-state index in [2.05, 4.69) is 4.74 Å². The second kappa shape index (κ2) is 7.74. The van der Waals surface area contributed by atoms with Gasteiger partial charge in [0.25, 0.3) is 5.91 Å². The molecular formula is C16H12ClF2NO4. The number of carbonyl (C=O) groups excluding carboxylic acids is 2. The van der Waals surface area contributed by atoms with Gasteiger partial charge in [0.2, 0.25) is 0 Å². The van der Waals surface area contributed by atoms with Gasteiger partial charge in [-0.1, -0.05) is 11.6 Å². The van der Waals surface area contributed by atoms with E-state index in [4.69, 9.17) is 22.1 Å². The van der Waals surface area contributed by atoms with Crippen molar-refractivity contribution in [3.63, 3.8) is 0 Å². The highest BCUT2D eigenvalue weighted by Gasteiger charge is 2.13. The molecule has 126 valence electrons. The summed E-state index contributed by atoms with van der Waals surface area (Å²) in [4.78, 5) is 23.4. The number of nitrogens with two attached hydrogens (primary N) is 1. The number of halogens is 3. The molecule has 0 saturated carbocycles.